The Labute approximate surface area is 211 Å². The molecule has 2 aromatic heterocycles. The van der Waals surface area contributed by atoms with Crippen molar-refractivity contribution >= 4 is 23.4 Å². The maximum Gasteiger partial charge on any atom is 0.234 e. The third-order valence-corrected chi connectivity index (χ3v) is 6.90. The smallest absolute Gasteiger partial charge is 0.234 e. The van der Waals surface area contributed by atoms with Gasteiger partial charge in [0.15, 0.2) is 11.0 Å². The van der Waals surface area contributed by atoms with Crippen LogP contribution in [0.1, 0.15) is 44.6 Å². The van der Waals surface area contributed by atoms with E-state index in [1.165, 1.54) is 17.3 Å². The molecular formula is C27H32N6OS. The predicted octanol–water partition coefficient (Wildman–Crippen LogP) is 5.80. The zero-order valence-electron chi connectivity index (χ0n) is 21.2. The summed E-state index contributed by atoms with van der Waals surface area (Å²) in [4.78, 5) is 12.8. The van der Waals surface area contributed by atoms with Crippen molar-refractivity contribution in [2.75, 3.05) is 11.1 Å². The Morgan fingerprint density at radius 2 is 1.69 bits per heavy atom. The van der Waals surface area contributed by atoms with Gasteiger partial charge in [-0.3, -0.25) is 4.79 Å². The number of nitrogens with zero attached hydrogens (tertiary/aromatic N) is 5. The van der Waals surface area contributed by atoms with Gasteiger partial charge in [-0.05, 0) is 43.9 Å². The van der Waals surface area contributed by atoms with Crippen LogP contribution in [-0.2, 0) is 16.8 Å². The molecule has 0 fully saturated rings. The highest BCUT2D eigenvalue weighted by atomic mass is 32.2. The molecule has 0 unspecified atom stereocenters. The molecule has 2 heterocycles. The normalized spacial score (nSPS) is 11.6. The van der Waals surface area contributed by atoms with Crippen LogP contribution >= 0.6 is 11.8 Å². The Morgan fingerprint density at radius 1 is 1.00 bits per heavy atom. The van der Waals surface area contributed by atoms with E-state index in [1.807, 2.05) is 53.4 Å². The summed E-state index contributed by atoms with van der Waals surface area (Å²) in [6.45, 7) is 13.2. The van der Waals surface area contributed by atoms with Crippen LogP contribution in [0.2, 0.25) is 0 Å². The second-order valence-corrected chi connectivity index (χ2v) is 10.5. The van der Waals surface area contributed by atoms with Gasteiger partial charge >= 0.3 is 0 Å². The number of thioether (sulfide) groups is 1. The van der Waals surface area contributed by atoms with Gasteiger partial charge in [0.1, 0.15) is 0 Å². The molecule has 0 aliphatic rings. The summed E-state index contributed by atoms with van der Waals surface area (Å²) in [6, 6.07) is 18.4. The highest BCUT2D eigenvalue weighted by Crippen LogP contribution is 2.28. The third kappa shape index (κ3) is 5.32. The minimum atomic E-state index is -0.101. The molecule has 4 aromatic rings. The molecule has 0 radical (unpaired) electrons. The number of carbonyl (C=O) groups is 1. The lowest BCUT2D eigenvalue weighted by Crippen LogP contribution is -2.16. The van der Waals surface area contributed by atoms with Gasteiger partial charge in [-0.2, -0.15) is 5.10 Å². The molecule has 0 saturated carbocycles. The van der Waals surface area contributed by atoms with Crippen LogP contribution < -0.4 is 5.32 Å². The minimum Gasteiger partial charge on any atom is -0.322 e. The zero-order chi connectivity index (χ0) is 25.2. The summed E-state index contributed by atoms with van der Waals surface area (Å²) in [7, 11) is 0. The summed E-state index contributed by atoms with van der Waals surface area (Å²) in [5.74, 6) is 0.943. The van der Waals surface area contributed by atoms with Crippen LogP contribution in [0.5, 0.6) is 0 Å². The van der Waals surface area contributed by atoms with E-state index >= 15 is 0 Å². The van der Waals surface area contributed by atoms with Crippen molar-refractivity contribution in [3.05, 3.63) is 71.5 Å². The first-order valence-electron chi connectivity index (χ1n) is 11.8. The van der Waals surface area contributed by atoms with E-state index in [1.54, 1.807) is 0 Å². The zero-order valence-corrected chi connectivity index (χ0v) is 22.0. The summed E-state index contributed by atoms with van der Waals surface area (Å²) in [6.07, 6.45) is 0. The number of hydrogen-bond donors (Lipinski definition) is 1. The predicted molar refractivity (Wildman–Crippen MR) is 142 cm³/mol. The Bertz CT molecular complexity index is 1320. The van der Waals surface area contributed by atoms with Crippen molar-refractivity contribution in [1.82, 2.24) is 24.5 Å². The number of hydrogen-bond acceptors (Lipinski definition) is 5. The highest BCUT2D eigenvalue weighted by molar-refractivity contribution is 7.99. The summed E-state index contributed by atoms with van der Waals surface area (Å²) >= 11 is 1.39. The monoisotopic (exact) mass is 488 g/mol. The van der Waals surface area contributed by atoms with Gasteiger partial charge in [0, 0.05) is 12.1 Å². The lowest BCUT2D eigenvalue weighted by atomic mass is 9.87. The van der Waals surface area contributed by atoms with Crippen molar-refractivity contribution in [3.8, 4) is 17.1 Å². The minimum absolute atomic E-state index is 0.0969. The van der Waals surface area contributed by atoms with E-state index in [2.05, 4.69) is 72.6 Å². The summed E-state index contributed by atoms with van der Waals surface area (Å²) in [5, 5.41) is 17.2. The maximum absolute atomic E-state index is 12.8. The van der Waals surface area contributed by atoms with Gasteiger partial charge in [0.2, 0.25) is 5.91 Å². The average Bonchev–Trinajstić information content (AvgIpc) is 3.38. The van der Waals surface area contributed by atoms with Gasteiger partial charge in [-0.1, -0.05) is 75.0 Å². The second-order valence-electron chi connectivity index (χ2n) is 9.51. The van der Waals surface area contributed by atoms with Gasteiger partial charge in [-0.25, -0.2) is 4.68 Å². The molecule has 0 atom stereocenters. The standard InChI is InChI=1S/C27H32N6OS/c1-7-32-25(20-13-15-21(16-14-20)27(4,5)6)29-30-26(32)35-17-23(34)28-24-18(2)31-33(19(24)3)22-11-9-8-10-12-22/h8-16H,7,17H2,1-6H3,(H,28,34). The molecule has 0 aliphatic heterocycles. The van der Waals surface area contributed by atoms with Crippen molar-refractivity contribution in [2.45, 2.75) is 58.7 Å². The summed E-state index contributed by atoms with van der Waals surface area (Å²) < 4.78 is 3.90. The molecule has 182 valence electrons. The molecule has 1 amide bonds. The number of amides is 1. The van der Waals surface area contributed by atoms with Crippen molar-refractivity contribution in [2.24, 2.45) is 0 Å². The second kappa shape index (κ2) is 10.1. The van der Waals surface area contributed by atoms with E-state index in [0.29, 0.717) is 0 Å². The Balaban J connectivity index is 1.46. The maximum atomic E-state index is 12.8. The van der Waals surface area contributed by atoms with E-state index in [4.69, 9.17) is 0 Å². The molecule has 2 aromatic carbocycles. The van der Waals surface area contributed by atoms with E-state index < -0.39 is 0 Å². The lowest BCUT2D eigenvalue weighted by molar-refractivity contribution is -0.113. The largest absolute Gasteiger partial charge is 0.322 e. The van der Waals surface area contributed by atoms with Crippen LogP contribution in [0.15, 0.2) is 59.8 Å². The first-order valence-corrected chi connectivity index (χ1v) is 12.8. The number of benzene rings is 2. The first-order chi connectivity index (χ1) is 16.7. The van der Waals surface area contributed by atoms with Crippen molar-refractivity contribution in [3.63, 3.8) is 0 Å². The molecule has 0 bridgehead atoms. The lowest BCUT2D eigenvalue weighted by Gasteiger charge is -2.19. The van der Waals surface area contributed by atoms with E-state index in [9.17, 15) is 4.79 Å². The topological polar surface area (TPSA) is 77.6 Å². The van der Waals surface area contributed by atoms with Gasteiger partial charge in [-0.15, -0.1) is 10.2 Å². The van der Waals surface area contributed by atoms with E-state index in [-0.39, 0.29) is 17.1 Å². The van der Waals surface area contributed by atoms with Crippen molar-refractivity contribution in [1.29, 1.82) is 0 Å². The fourth-order valence-corrected chi connectivity index (χ4v) is 4.77. The molecule has 7 nitrogen and oxygen atoms in total. The molecule has 0 aliphatic carbocycles. The molecule has 8 heteroatoms. The molecule has 0 saturated heterocycles. The quantitative estimate of drug-likeness (QED) is 0.333. The number of anilines is 1. The number of nitrogens with one attached hydrogen (secondary N) is 1. The van der Waals surface area contributed by atoms with Crippen LogP contribution in [0, 0.1) is 13.8 Å². The fourth-order valence-electron chi connectivity index (χ4n) is 3.96. The van der Waals surface area contributed by atoms with Gasteiger partial charge < -0.3 is 9.88 Å². The first kappa shape index (κ1) is 24.7. The van der Waals surface area contributed by atoms with Crippen LogP contribution in [0.25, 0.3) is 17.1 Å². The van der Waals surface area contributed by atoms with Gasteiger partial charge in [0.05, 0.1) is 28.5 Å². The Kier molecular flexibility index (Phi) is 7.12. The number of para-hydroxylation sites is 1. The van der Waals surface area contributed by atoms with E-state index in [0.717, 1.165) is 45.9 Å². The van der Waals surface area contributed by atoms with Crippen molar-refractivity contribution < 1.29 is 4.79 Å². The number of aryl methyl sites for hydroxylation is 1. The van der Waals surface area contributed by atoms with Crippen LogP contribution in [0.4, 0.5) is 5.69 Å². The third-order valence-electron chi connectivity index (χ3n) is 5.93. The van der Waals surface area contributed by atoms with Crippen LogP contribution in [-0.4, -0.2) is 36.2 Å². The Hall–Kier alpha value is -3.39. The number of aromatic nitrogens is 5. The number of carbonyl (C=O) groups excluding carboxylic acids is 1. The highest BCUT2D eigenvalue weighted by Gasteiger charge is 2.19. The molecular weight excluding hydrogens is 456 g/mol. The number of rotatable bonds is 7. The van der Waals surface area contributed by atoms with Crippen LogP contribution in [0.3, 0.4) is 0 Å². The Morgan fingerprint density at radius 3 is 2.31 bits per heavy atom. The molecule has 4 rings (SSSR count). The SMILES string of the molecule is CCn1c(SCC(=O)Nc2c(C)nn(-c3ccccc3)c2C)nnc1-c1ccc(C(C)(C)C)cc1. The average molecular weight is 489 g/mol. The molecule has 35 heavy (non-hydrogen) atoms. The molecule has 1 N–H and O–H groups in total. The molecule has 0 spiro atoms. The fraction of sp³-hybridized carbons (Fsp3) is 0.333. The summed E-state index contributed by atoms with van der Waals surface area (Å²) in [5.41, 5.74) is 5.77. The van der Waals surface area contributed by atoms with Gasteiger partial charge in [0.25, 0.3) is 0 Å².